The molecule has 1 aliphatic heterocycles. The zero-order valence-electron chi connectivity index (χ0n) is 20.8. The molecule has 16 heteroatoms. The summed E-state index contributed by atoms with van der Waals surface area (Å²) in [6.07, 6.45) is -3.60. The SMILES string of the molecule is COC(=O)C[C@H](N[P@@](=O)(OC[C@H]1O[C@@H]([n+]2ccc(N)[nH]c2=O)[C@](C)(O)[C@@H]1O)Oc1ccccc1)C(=O)OC. The molecule has 0 saturated carbocycles. The van der Waals surface area contributed by atoms with Crippen LogP contribution in [0.5, 0.6) is 5.75 Å². The summed E-state index contributed by atoms with van der Waals surface area (Å²) in [5.41, 5.74) is 2.86. The Hall–Kier alpha value is -3.33. The fourth-order valence-electron chi connectivity index (χ4n) is 3.67. The van der Waals surface area contributed by atoms with Crippen LogP contribution < -0.4 is 25.6 Å². The van der Waals surface area contributed by atoms with E-state index < -0.39 is 68.5 Å². The van der Waals surface area contributed by atoms with E-state index >= 15 is 0 Å². The van der Waals surface area contributed by atoms with Crippen LogP contribution in [0.1, 0.15) is 19.6 Å². The number of benzene rings is 1. The average Bonchev–Trinajstić information content (AvgIpc) is 3.10. The number of anilines is 1. The lowest BCUT2D eigenvalue weighted by atomic mass is 9.96. The van der Waals surface area contributed by atoms with Crippen molar-refractivity contribution >= 4 is 25.5 Å². The molecule has 0 aliphatic carbocycles. The van der Waals surface area contributed by atoms with E-state index in [0.717, 1.165) is 18.8 Å². The van der Waals surface area contributed by atoms with Gasteiger partial charge in [0.15, 0.2) is 11.4 Å². The van der Waals surface area contributed by atoms with Gasteiger partial charge in [0, 0.05) is 6.07 Å². The number of esters is 2. The summed E-state index contributed by atoms with van der Waals surface area (Å²) in [6, 6.07) is 7.68. The van der Waals surface area contributed by atoms with E-state index in [0.29, 0.717) is 0 Å². The van der Waals surface area contributed by atoms with Gasteiger partial charge < -0.3 is 34.7 Å². The Morgan fingerprint density at radius 3 is 2.55 bits per heavy atom. The Kier molecular flexibility index (Phi) is 9.25. The Morgan fingerprint density at radius 1 is 1.26 bits per heavy atom. The Morgan fingerprint density at radius 2 is 1.95 bits per heavy atom. The summed E-state index contributed by atoms with van der Waals surface area (Å²) in [7, 11) is -2.30. The highest BCUT2D eigenvalue weighted by atomic mass is 31.2. The number of aromatic nitrogens is 2. The van der Waals surface area contributed by atoms with Crippen molar-refractivity contribution in [2.24, 2.45) is 0 Å². The number of para-hydroxylation sites is 1. The molecule has 1 fully saturated rings. The molecular weight excluding hydrogens is 527 g/mol. The lowest BCUT2D eigenvalue weighted by Crippen LogP contribution is -2.61. The summed E-state index contributed by atoms with van der Waals surface area (Å²) in [6.45, 7) is 0.609. The van der Waals surface area contributed by atoms with Crippen LogP contribution in [0.2, 0.25) is 0 Å². The summed E-state index contributed by atoms with van der Waals surface area (Å²) < 4.78 is 40.7. The lowest BCUT2D eigenvalue weighted by Gasteiger charge is -2.26. The lowest BCUT2D eigenvalue weighted by molar-refractivity contribution is -0.786. The average molecular weight is 557 g/mol. The summed E-state index contributed by atoms with van der Waals surface area (Å²) in [5.74, 6) is -1.60. The van der Waals surface area contributed by atoms with Gasteiger partial charge in [-0.15, -0.1) is 0 Å². The normalized spacial score (nSPS) is 25.2. The number of methoxy groups -OCH3 is 2. The van der Waals surface area contributed by atoms with Crippen molar-refractivity contribution in [1.29, 1.82) is 0 Å². The molecule has 1 saturated heterocycles. The second kappa shape index (κ2) is 12.0. The summed E-state index contributed by atoms with van der Waals surface area (Å²) in [5, 5.41) is 24.0. The number of carbonyl (C=O) groups excluding carboxylic acids is 2. The van der Waals surface area contributed by atoms with Gasteiger partial charge in [-0.2, -0.15) is 19.4 Å². The quantitative estimate of drug-likeness (QED) is 0.130. The number of rotatable bonds is 11. The number of nitrogen functional groups attached to an aromatic ring is 1. The molecule has 1 aromatic heterocycles. The predicted molar refractivity (Wildman–Crippen MR) is 128 cm³/mol. The number of aliphatic hydroxyl groups excluding tert-OH is 1. The fraction of sp³-hybridized carbons (Fsp3) is 0.455. The molecule has 1 aliphatic rings. The van der Waals surface area contributed by atoms with E-state index in [-0.39, 0.29) is 11.6 Å². The van der Waals surface area contributed by atoms with Gasteiger partial charge in [0.1, 0.15) is 30.2 Å². The summed E-state index contributed by atoms with van der Waals surface area (Å²) >= 11 is 0. The van der Waals surface area contributed by atoms with Crippen LogP contribution in [-0.2, 0) is 32.9 Å². The van der Waals surface area contributed by atoms with E-state index in [4.69, 9.17) is 19.5 Å². The molecule has 6 N–H and O–H groups in total. The molecule has 6 atom stereocenters. The molecule has 3 rings (SSSR count). The number of aliphatic hydroxyl groups is 2. The Bertz CT molecular complexity index is 1240. The highest BCUT2D eigenvalue weighted by Crippen LogP contribution is 2.46. The second-order valence-corrected chi connectivity index (χ2v) is 10.2. The maximum atomic E-state index is 13.8. The number of carbonyl (C=O) groups is 2. The molecule has 0 unspecified atom stereocenters. The molecule has 0 radical (unpaired) electrons. The van der Waals surface area contributed by atoms with Crippen LogP contribution >= 0.6 is 7.75 Å². The zero-order chi connectivity index (χ0) is 28.1. The Balaban J connectivity index is 1.85. The monoisotopic (exact) mass is 557 g/mol. The molecule has 1 aromatic carbocycles. The maximum Gasteiger partial charge on any atom is 0.499 e. The minimum atomic E-state index is -4.48. The van der Waals surface area contributed by atoms with Crippen molar-refractivity contribution in [3.63, 3.8) is 0 Å². The van der Waals surface area contributed by atoms with Crippen molar-refractivity contribution in [3.8, 4) is 5.75 Å². The van der Waals surface area contributed by atoms with Crippen molar-refractivity contribution in [2.75, 3.05) is 26.6 Å². The Labute approximate surface area is 217 Å². The van der Waals surface area contributed by atoms with E-state index in [1.165, 1.54) is 31.3 Å². The van der Waals surface area contributed by atoms with Crippen LogP contribution in [0.25, 0.3) is 0 Å². The van der Waals surface area contributed by atoms with Crippen molar-refractivity contribution < 1.29 is 52.2 Å². The van der Waals surface area contributed by atoms with Crippen LogP contribution in [0.15, 0.2) is 47.4 Å². The summed E-state index contributed by atoms with van der Waals surface area (Å²) in [4.78, 5) is 38.8. The number of nitrogens with zero attached hydrogens (tertiary/aromatic N) is 1. The van der Waals surface area contributed by atoms with Crippen LogP contribution in [0.4, 0.5) is 5.82 Å². The molecule has 0 amide bonds. The standard InChI is InChI=1S/C22H29N4O11P/c1-22(31)18(28)15(36-20(22)26-10-9-16(23)24-21(26)30)12-35-38(32,37-13-7-5-4-6-8-13)25-14(19(29)34-3)11-17(27)33-2/h4-10,14-15,18,20,28,31H,11-12H2,1-3H3,(H3,23,24,25,30,32)/p+1/t14-,15+,18+,20+,22+,38+/m0/s1. The molecule has 208 valence electrons. The molecule has 15 nitrogen and oxygen atoms in total. The van der Waals surface area contributed by atoms with Gasteiger partial charge >= 0.3 is 25.4 Å². The van der Waals surface area contributed by atoms with Gasteiger partial charge in [-0.05, 0) is 19.1 Å². The molecule has 2 aromatic rings. The first-order valence-corrected chi connectivity index (χ1v) is 12.8. The third kappa shape index (κ3) is 6.75. The maximum absolute atomic E-state index is 13.8. The number of nitrogens with two attached hydrogens (primary N) is 1. The molecule has 0 spiro atoms. The van der Waals surface area contributed by atoms with Crippen LogP contribution in [0.3, 0.4) is 0 Å². The van der Waals surface area contributed by atoms with E-state index in [9.17, 15) is 29.2 Å². The highest BCUT2D eigenvalue weighted by molar-refractivity contribution is 7.52. The zero-order valence-corrected chi connectivity index (χ0v) is 21.7. The minimum Gasteiger partial charge on any atom is -0.469 e. The molecule has 0 bridgehead atoms. The first kappa shape index (κ1) is 29.2. The third-order valence-corrected chi connectivity index (χ3v) is 7.25. The van der Waals surface area contributed by atoms with Gasteiger partial charge in [0.25, 0.3) is 0 Å². The van der Waals surface area contributed by atoms with Gasteiger partial charge in [0.2, 0.25) is 6.23 Å². The number of nitrogens with one attached hydrogen (secondary N) is 2. The smallest absolute Gasteiger partial charge is 0.469 e. The van der Waals surface area contributed by atoms with Gasteiger partial charge in [-0.3, -0.25) is 14.1 Å². The van der Waals surface area contributed by atoms with E-state index in [1.54, 1.807) is 18.2 Å². The van der Waals surface area contributed by atoms with Gasteiger partial charge in [-0.1, -0.05) is 18.2 Å². The number of hydrogen-bond acceptors (Lipinski definition) is 12. The number of H-pyrrole nitrogens is 1. The second-order valence-electron chi connectivity index (χ2n) is 8.49. The largest absolute Gasteiger partial charge is 0.499 e. The number of aromatic amines is 1. The fourth-order valence-corrected chi connectivity index (χ4v) is 5.17. The van der Waals surface area contributed by atoms with Gasteiger partial charge in [-0.25, -0.2) is 4.57 Å². The van der Waals surface area contributed by atoms with Crippen molar-refractivity contribution in [2.45, 2.75) is 43.4 Å². The van der Waals surface area contributed by atoms with E-state index in [2.05, 4.69) is 19.5 Å². The number of ether oxygens (including phenoxy) is 3. The first-order valence-electron chi connectivity index (χ1n) is 11.3. The molecular formula is C22H30N4O11P+. The van der Waals surface area contributed by atoms with Crippen molar-refractivity contribution in [1.82, 2.24) is 10.1 Å². The number of hydrogen-bond donors (Lipinski definition) is 5. The van der Waals surface area contributed by atoms with Crippen LogP contribution in [0, 0.1) is 0 Å². The van der Waals surface area contributed by atoms with Crippen LogP contribution in [-0.4, -0.2) is 71.8 Å². The highest BCUT2D eigenvalue weighted by Gasteiger charge is 2.56. The molecule has 2 heterocycles. The van der Waals surface area contributed by atoms with E-state index in [1.807, 2.05) is 0 Å². The third-order valence-electron chi connectivity index (χ3n) is 5.68. The van der Waals surface area contributed by atoms with Crippen molar-refractivity contribution in [3.05, 3.63) is 53.1 Å². The minimum absolute atomic E-state index is 0.0708. The first-order chi connectivity index (χ1) is 17.9. The topological polar surface area (TPSA) is 213 Å². The predicted octanol–water partition coefficient (Wildman–Crippen LogP) is -0.848. The molecule has 38 heavy (non-hydrogen) atoms. The van der Waals surface area contributed by atoms with Gasteiger partial charge in [0.05, 0.1) is 27.2 Å².